The largest absolute Gasteiger partial charge is 0.497 e. The molecule has 26 heavy (non-hydrogen) atoms. The minimum atomic E-state index is -0.879. The molecule has 1 amide bonds. The van der Waals surface area contributed by atoms with Crippen LogP contribution in [0.1, 0.15) is 28.8 Å². The summed E-state index contributed by atoms with van der Waals surface area (Å²) in [7, 11) is 3.04. The zero-order valence-electron chi connectivity index (χ0n) is 15.0. The summed E-state index contributed by atoms with van der Waals surface area (Å²) in [5.41, 5.74) is 1.36. The summed E-state index contributed by atoms with van der Waals surface area (Å²) in [6.07, 6.45) is 0.383. The third kappa shape index (κ3) is 5.24. The van der Waals surface area contributed by atoms with Gasteiger partial charge in [0.15, 0.2) is 0 Å². The van der Waals surface area contributed by atoms with Gasteiger partial charge in [0.1, 0.15) is 11.5 Å². The second kappa shape index (κ2) is 9.46. The van der Waals surface area contributed by atoms with Crippen LogP contribution in [0.3, 0.4) is 0 Å². The van der Waals surface area contributed by atoms with Crippen LogP contribution in [-0.2, 0) is 11.3 Å². The monoisotopic (exact) mass is 357 g/mol. The molecule has 0 aliphatic heterocycles. The van der Waals surface area contributed by atoms with Crippen LogP contribution >= 0.6 is 0 Å². The topological polar surface area (TPSA) is 76.1 Å². The van der Waals surface area contributed by atoms with Crippen molar-refractivity contribution < 1.29 is 24.2 Å². The van der Waals surface area contributed by atoms with Crippen LogP contribution in [0, 0.1) is 0 Å². The van der Waals surface area contributed by atoms with Gasteiger partial charge in [-0.05, 0) is 30.2 Å². The maximum atomic E-state index is 13.1. The van der Waals surface area contributed by atoms with Gasteiger partial charge < -0.3 is 19.5 Å². The molecule has 2 aromatic rings. The predicted octanol–water partition coefficient (Wildman–Crippen LogP) is 3.21. The Kier molecular flexibility index (Phi) is 7.02. The van der Waals surface area contributed by atoms with Gasteiger partial charge in [0, 0.05) is 19.5 Å². The zero-order valence-corrected chi connectivity index (χ0v) is 15.0. The number of hydrogen-bond acceptors (Lipinski definition) is 4. The van der Waals surface area contributed by atoms with Gasteiger partial charge in [-0.1, -0.05) is 30.3 Å². The molecule has 0 aromatic heterocycles. The van der Waals surface area contributed by atoms with Gasteiger partial charge in [0.2, 0.25) is 0 Å². The molecule has 2 rings (SSSR count). The van der Waals surface area contributed by atoms with E-state index in [-0.39, 0.29) is 12.3 Å². The van der Waals surface area contributed by atoms with E-state index in [0.29, 0.717) is 36.6 Å². The van der Waals surface area contributed by atoms with Crippen LogP contribution in [0.2, 0.25) is 0 Å². The van der Waals surface area contributed by atoms with E-state index >= 15 is 0 Å². The Balaban J connectivity index is 2.27. The summed E-state index contributed by atoms with van der Waals surface area (Å²) in [6.45, 7) is 0.722. The van der Waals surface area contributed by atoms with Crippen LogP contribution in [0.5, 0.6) is 11.5 Å². The van der Waals surface area contributed by atoms with E-state index < -0.39 is 5.97 Å². The number of carbonyl (C=O) groups is 2. The highest BCUT2D eigenvalue weighted by molar-refractivity contribution is 5.97. The van der Waals surface area contributed by atoms with Crippen molar-refractivity contribution >= 4 is 11.9 Å². The van der Waals surface area contributed by atoms with Crippen molar-refractivity contribution in [2.24, 2.45) is 0 Å². The lowest BCUT2D eigenvalue weighted by Crippen LogP contribution is -2.32. The molecule has 138 valence electrons. The number of carbonyl (C=O) groups excluding carboxylic acids is 1. The minimum absolute atomic E-state index is 0.00775. The molecule has 6 nitrogen and oxygen atoms in total. The summed E-state index contributed by atoms with van der Waals surface area (Å²) in [5, 5.41) is 8.88. The Bertz CT molecular complexity index is 745. The van der Waals surface area contributed by atoms with E-state index in [1.165, 1.54) is 14.2 Å². The number of aliphatic carboxylic acids is 1. The summed E-state index contributed by atoms with van der Waals surface area (Å²) in [5.74, 6) is -0.0995. The number of methoxy groups -OCH3 is 2. The highest BCUT2D eigenvalue weighted by Gasteiger charge is 2.21. The molecular formula is C20H23NO5. The fraction of sp³-hybridized carbons (Fsp3) is 0.300. The van der Waals surface area contributed by atoms with Crippen molar-refractivity contribution in [3.63, 3.8) is 0 Å². The molecule has 0 aliphatic carbocycles. The van der Waals surface area contributed by atoms with Gasteiger partial charge in [0.25, 0.3) is 5.91 Å². The fourth-order valence-electron chi connectivity index (χ4n) is 2.63. The summed E-state index contributed by atoms with van der Waals surface area (Å²) in [4.78, 5) is 25.6. The molecule has 0 radical (unpaired) electrons. The smallest absolute Gasteiger partial charge is 0.303 e. The number of ether oxygens (including phenoxy) is 2. The van der Waals surface area contributed by atoms with E-state index in [4.69, 9.17) is 14.6 Å². The first-order valence-corrected chi connectivity index (χ1v) is 8.32. The molecule has 0 spiro atoms. The number of rotatable bonds is 9. The third-order valence-electron chi connectivity index (χ3n) is 3.96. The summed E-state index contributed by atoms with van der Waals surface area (Å²) < 4.78 is 10.5. The van der Waals surface area contributed by atoms with Crippen molar-refractivity contribution in [3.05, 3.63) is 59.7 Å². The quantitative estimate of drug-likeness (QED) is 0.746. The van der Waals surface area contributed by atoms with E-state index in [9.17, 15) is 9.59 Å². The Labute approximate surface area is 153 Å². The van der Waals surface area contributed by atoms with Crippen molar-refractivity contribution in [1.82, 2.24) is 4.90 Å². The Morgan fingerprint density at radius 2 is 1.77 bits per heavy atom. The highest BCUT2D eigenvalue weighted by Crippen LogP contribution is 2.26. The molecule has 0 saturated carbocycles. The average molecular weight is 357 g/mol. The molecular weight excluding hydrogens is 334 g/mol. The standard InChI is InChI=1S/C20H23NO5/c1-25-16-10-11-18(26-2)17(13-16)20(24)21(12-6-9-19(22)23)14-15-7-4-3-5-8-15/h3-5,7-8,10-11,13H,6,9,12,14H2,1-2H3,(H,22,23). The van der Waals surface area contributed by atoms with Gasteiger partial charge in [-0.15, -0.1) is 0 Å². The second-order valence-corrected chi connectivity index (χ2v) is 5.78. The molecule has 0 heterocycles. The number of carboxylic acid groups (broad SMARTS) is 1. The van der Waals surface area contributed by atoms with Crippen LogP contribution in [0.15, 0.2) is 48.5 Å². The molecule has 0 fully saturated rings. The Morgan fingerprint density at radius 1 is 1.04 bits per heavy atom. The van der Waals surface area contributed by atoms with Crippen LogP contribution < -0.4 is 9.47 Å². The van der Waals surface area contributed by atoms with Crippen molar-refractivity contribution in [2.75, 3.05) is 20.8 Å². The molecule has 0 saturated heterocycles. The minimum Gasteiger partial charge on any atom is -0.497 e. The SMILES string of the molecule is COc1ccc(OC)c(C(=O)N(CCCC(=O)O)Cc2ccccc2)c1. The lowest BCUT2D eigenvalue weighted by atomic mass is 10.1. The molecule has 0 bridgehead atoms. The highest BCUT2D eigenvalue weighted by atomic mass is 16.5. The van der Waals surface area contributed by atoms with Crippen LogP contribution in [0.4, 0.5) is 0 Å². The normalized spacial score (nSPS) is 10.2. The number of carboxylic acids is 1. The van der Waals surface area contributed by atoms with Crippen molar-refractivity contribution in [1.29, 1.82) is 0 Å². The van der Waals surface area contributed by atoms with Crippen LogP contribution in [0.25, 0.3) is 0 Å². The molecule has 0 aliphatic rings. The maximum Gasteiger partial charge on any atom is 0.303 e. The van der Waals surface area contributed by atoms with Crippen molar-refractivity contribution in [3.8, 4) is 11.5 Å². The molecule has 2 aromatic carbocycles. The van der Waals surface area contributed by atoms with E-state index in [1.54, 1.807) is 23.1 Å². The Morgan fingerprint density at radius 3 is 2.38 bits per heavy atom. The van der Waals surface area contributed by atoms with E-state index in [0.717, 1.165) is 5.56 Å². The first kappa shape index (κ1) is 19.3. The molecule has 0 unspecified atom stereocenters. The van der Waals surface area contributed by atoms with Gasteiger partial charge in [-0.2, -0.15) is 0 Å². The predicted molar refractivity (Wildman–Crippen MR) is 97.6 cm³/mol. The van der Waals surface area contributed by atoms with Gasteiger partial charge in [0.05, 0.1) is 19.8 Å². The fourth-order valence-corrected chi connectivity index (χ4v) is 2.63. The van der Waals surface area contributed by atoms with E-state index in [1.807, 2.05) is 30.3 Å². The van der Waals surface area contributed by atoms with Gasteiger partial charge in [-0.25, -0.2) is 0 Å². The number of benzene rings is 2. The third-order valence-corrected chi connectivity index (χ3v) is 3.96. The molecule has 1 N–H and O–H groups in total. The van der Waals surface area contributed by atoms with E-state index in [2.05, 4.69) is 0 Å². The lowest BCUT2D eigenvalue weighted by Gasteiger charge is -2.24. The first-order chi connectivity index (χ1) is 12.5. The molecule has 0 atom stereocenters. The lowest BCUT2D eigenvalue weighted by molar-refractivity contribution is -0.137. The number of nitrogens with zero attached hydrogens (tertiary/aromatic N) is 1. The molecule has 6 heteroatoms. The summed E-state index contributed by atoms with van der Waals surface area (Å²) in [6, 6.07) is 14.6. The summed E-state index contributed by atoms with van der Waals surface area (Å²) >= 11 is 0. The Hall–Kier alpha value is -3.02. The maximum absolute atomic E-state index is 13.1. The van der Waals surface area contributed by atoms with Gasteiger partial charge >= 0.3 is 5.97 Å². The first-order valence-electron chi connectivity index (χ1n) is 8.32. The second-order valence-electron chi connectivity index (χ2n) is 5.78. The average Bonchev–Trinajstić information content (AvgIpc) is 2.66. The van der Waals surface area contributed by atoms with Crippen LogP contribution in [-0.4, -0.2) is 42.6 Å². The zero-order chi connectivity index (χ0) is 18.9. The number of hydrogen-bond donors (Lipinski definition) is 1. The van der Waals surface area contributed by atoms with Gasteiger partial charge in [-0.3, -0.25) is 9.59 Å². The number of amides is 1. The van der Waals surface area contributed by atoms with Crippen molar-refractivity contribution in [2.45, 2.75) is 19.4 Å².